The second kappa shape index (κ2) is 7.42. The van der Waals surface area contributed by atoms with E-state index in [-0.39, 0.29) is 11.0 Å². The summed E-state index contributed by atoms with van der Waals surface area (Å²) in [5.74, 6) is 1.19. The van der Waals surface area contributed by atoms with Crippen LogP contribution in [-0.4, -0.2) is 37.1 Å². The maximum atomic E-state index is 12.6. The Morgan fingerprint density at radius 2 is 2.10 bits per heavy atom. The third-order valence-electron chi connectivity index (χ3n) is 3.95. The first-order valence-corrected chi connectivity index (χ1v) is 9.88. The van der Waals surface area contributed by atoms with E-state index in [1.54, 1.807) is 0 Å². The molecule has 3 nitrogen and oxygen atoms in total. The number of halogens is 1. The Hall–Kier alpha value is -0.130. The number of Topliss-reactive ketones (excluding diaryl/α,β-unsaturated/α-hetero) is 1. The van der Waals surface area contributed by atoms with E-state index >= 15 is 0 Å². The largest absolute Gasteiger partial charge is 0.298 e. The molecule has 2 rings (SSSR count). The summed E-state index contributed by atoms with van der Waals surface area (Å²) in [7, 11) is 0. The normalized spacial score (nSPS) is 26.0. The monoisotopic (exact) mass is 346 g/mol. The molecule has 0 N–H and O–H groups in total. The van der Waals surface area contributed by atoms with E-state index in [9.17, 15) is 4.79 Å². The summed E-state index contributed by atoms with van der Waals surface area (Å²) in [4.78, 5) is 12.6. The van der Waals surface area contributed by atoms with E-state index in [1.165, 1.54) is 0 Å². The average molecular weight is 347 g/mol. The van der Waals surface area contributed by atoms with Crippen molar-refractivity contribution in [2.45, 2.75) is 62.8 Å². The Labute approximate surface area is 140 Å². The van der Waals surface area contributed by atoms with Gasteiger partial charge in [0.15, 0.2) is 5.78 Å². The summed E-state index contributed by atoms with van der Waals surface area (Å²) < 4.78 is 1.88. The number of aryl methyl sites for hydroxylation is 2. The number of carbonyl (C=O) groups excluding carboxylic acids is 1. The molecule has 1 saturated heterocycles. The van der Waals surface area contributed by atoms with Crippen LogP contribution in [0.5, 0.6) is 0 Å². The van der Waals surface area contributed by atoms with Gasteiger partial charge in [-0.15, -0.1) is 11.8 Å². The minimum atomic E-state index is 0.0857. The number of ketones is 1. The van der Waals surface area contributed by atoms with E-state index in [0.29, 0.717) is 21.9 Å². The fourth-order valence-electron chi connectivity index (χ4n) is 2.42. The van der Waals surface area contributed by atoms with Crippen LogP contribution in [0.15, 0.2) is 0 Å². The first-order chi connectivity index (χ1) is 9.97. The van der Waals surface area contributed by atoms with E-state index in [1.807, 2.05) is 42.1 Å². The molecule has 0 amide bonds. The molecule has 21 heavy (non-hydrogen) atoms. The first kappa shape index (κ1) is 17.2. The second-order valence-electron chi connectivity index (χ2n) is 5.39. The number of rotatable bonds is 5. The maximum Gasteiger partial charge on any atom is 0.152 e. The quantitative estimate of drug-likeness (QED) is 0.811. The molecule has 0 aromatic carbocycles. The predicted molar refractivity (Wildman–Crippen MR) is 93.8 cm³/mol. The van der Waals surface area contributed by atoms with Gasteiger partial charge >= 0.3 is 0 Å². The Morgan fingerprint density at radius 3 is 2.67 bits per heavy atom. The Kier molecular flexibility index (Phi) is 6.09. The molecule has 0 spiro atoms. The fourth-order valence-corrected chi connectivity index (χ4v) is 5.64. The Morgan fingerprint density at radius 1 is 1.38 bits per heavy atom. The number of hydrogen-bond donors (Lipinski definition) is 0. The van der Waals surface area contributed by atoms with Crippen molar-refractivity contribution in [1.82, 2.24) is 9.78 Å². The van der Waals surface area contributed by atoms with E-state index < -0.39 is 0 Å². The van der Waals surface area contributed by atoms with Gasteiger partial charge in [0.1, 0.15) is 0 Å². The summed E-state index contributed by atoms with van der Waals surface area (Å²) >= 11 is 10.1. The third-order valence-corrected chi connectivity index (χ3v) is 7.82. The smallest absolute Gasteiger partial charge is 0.152 e. The van der Waals surface area contributed by atoms with E-state index in [0.717, 1.165) is 30.1 Å². The van der Waals surface area contributed by atoms with Crippen LogP contribution in [-0.2, 0) is 24.2 Å². The molecule has 118 valence electrons. The zero-order valence-corrected chi connectivity index (χ0v) is 15.4. The van der Waals surface area contributed by atoms with Crippen LogP contribution >= 0.6 is 35.1 Å². The SMILES string of the molecule is CCc1nn(CC)c(CC(=O)C2CSC(C)C(C)S2)c1Cl. The summed E-state index contributed by atoms with van der Waals surface area (Å²) in [5, 5.41) is 6.41. The standard InChI is InChI=1S/C15H23ClN2OS2/c1-5-11-15(16)12(18(6-2)17-11)7-13(19)14-8-20-9(3)10(4)21-14/h9-10,14H,5-8H2,1-4H3. The van der Waals surface area contributed by atoms with Gasteiger partial charge < -0.3 is 0 Å². The molecule has 1 aromatic heterocycles. The lowest BCUT2D eigenvalue weighted by molar-refractivity contribution is -0.117. The maximum absolute atomic E-state index is 12.6. The summed E-state index contributed by atoms with van der Waals surface area (Å²) in [6.07, 6.45) is 1.20. The second-order valence-corrected chi connectivity index (χ2v) is 8.76. The topological polar surface area (TPSA) is 34.9 Å². The minimum Gasteiger partial charge on any atom is -0.298 e. The lowest BCUT2D eigenvalue weighted by Gasteiger charge is -2.30. The van der Waals surface area contributed by atoms with Crippen LogP contribution in [0.2, 0.25) is 5.02 Å². The zero-order valence-electron chi connectivity index (χ0n) is 13.1. The molecular weight excluding hydrogens is 324 g/mol. The number of thioether (sulfide) groups is 2. The number of nitrogens with zero attached hydrogens (tertiary/aromatic N) is 2. The highest BCUT2D eigenvalue weighted by Crippen LogP contribution is 2.36. The molecule has 1 aliphatic rings. The van der Waals surface area contributed by atoms with Crippen molar-refractivity contribution in [1.29, 1.82) is 0 Å². The summed E-state index contributed by atoms with van der Waals surface area (Å²) in [6.45, 7) is 9.27. The highest BCUT2D eigenvalue weighted by Gasteiger charge is 2.31. The molecule has 6 heteroatoms. The number of carbonyl (C=O) groups is 1. The van der Waals surface area contributed by atoms with Crippen molar-refractivity contribution < 1.29 is 4.79 Å². The van der Waals surface area contributed by atoms with Crippen LogP contribution in [0.4, 0.5) is 0 Å². The van der Waals surface area contributed by atoms with E-state index in [4.69, 9.17) is 11.6 Å². The molecule has 0 bridgehead atoms. The predicted octanol–water partition coefficient (Wildman–Crippen LogP) is 3.86. The molecule has 0 radical (unpaired) electrons. The lowest BCUT2D eigenvalue weighted by Crippen LogP contribution is -2.32. The molecule has 1 aromatic rings. The Balaban J connectivity index is 2.11. The van der Waals surface area contributed by atoms with Crippen LogP contribution in [0.3, 0.4) is 0 Å². The van der Waals surface area contributed by atoms with Gasteiger partial charge in [0.25, 0.3) is 0 Å². The van der Waals surface area contributed by atoms with Crippen LogP contribution in [0.1, 0.15) is 39.1 Å². The van der Waals surface area contributed by atoms with Gasteiger partial charge in [-0.3, -0.25) is 9.48 Å². The molecular formula is C15H23ClN2OS2. The molecule has 2 heterocycles. The summed E-state index contributed by atoms with van der Waals surface area (Å²) in [5.41, 5.74) is 1.78. The van der Waals surface area contributed by atoms with Crippen LogP contribution < -0.4 is 0 Å². The van der Waals surface area contributed by atoms with Crippen LogP contribution in [0, 0.1) is 0 Å². The zero-order chi connectivity index (χ0) is 15.6. The molecule has 0 aliphatic carbocycles. The molecule has 1 fully saturated rings. The van der Waals surface area contributed by atoms with Crippen molar-refractivity contribution in [3.63, 3.8) is 0 Å². The molecule has 3 atom stereocenters. The van der Waals surface area contributed by atoms with Crippen LogP contribution in [0.25, 0.3) is 0 Å². The van der Waals surface area contributed by atoms with Crippen molar-refractivity contribution in [2.24, 2.45) is 0 Å². The van der Waals surface area contributed by atoms with Gasteiger partial charge in [-0.05, 0) is 13.3 Å². The number of aromatic nitrogens is 2. The summed E-state index contributed by atoms with van der Waals surface area (Å²) in [6, 6.07) is 0. The van der Waals surface area contributed by atoms with Gasteiger partial charge in [-0.1, -0.05) is 32.4 Å². The Bertz CT molecular complexity index is 518. The van der Waals surface area contributed by atoms with E-state index in [2.05, 4.69) is 18.9 Å². The van der Waals surface area contributed by atoms with Crippen molar-refractivity contribution >= 4 is 40.9 Å². The molecule has 0 saturated carbocycles. The minimum absolute atomic E-state index is 0.0857. The van der Waals surface area contributed by atoms with Gasteiger partial charge in [0, 0.05) is 22.8 Å². The van der Waals surface area contributed by atoms with Crippen molar-refractivity contribution in [3.8, 4) is 0 Å². The highest BCUT2D eigenvalue weighted by atomic mass is 35.5. The first-order valence-electron chi connectivity index (χ1n) is 7.51. The van der Waals surface area contributed by atoms with Crippen molar-refractivity contribution in [2.75, 3.05) is 5.75 Å². The van der Waals surface area contributed by atoms with Crippen molar-refractivity contribution in [3.05, 3.63) is 16.4 Å². The molecule has 1 aliphatic heterocycles. The lowest BCUT2D eigenvalue weighted by atomic mass is 10.1. The highest BCUT2D eigenvalue weighted by molar-refractivity contribution is 8.08. The van der Waals surface area contributed by atoms with Gasteiger partial charge in [0.05, 0.1) is 28.1 Å². The van der Waals surface area contributed by atoms with Gasteiger partial charge in [-0.25, -0.2) is 0 Å². The average Bonchev–Trinajstić information content (AvgIpc) is 2.78. The fraction of sp³-hybridized carbons (Fsp3) is 0.733. The third kappa shape index (κ3) is 3.80. The molecule has 3 unspecified atom stereocenters. The van der Waals surface area contributed by atoms with Gasteiger partial charge in [0.2, 0.25) is 0 Å². The number of hydrogen-bond acceptors (Lipinski definition) is 4. The van der Waals surface area contributed by atoms with Gasteiger partial charge in [-0.2, -0.15) is 16.9 Å².